The third-order valence-electron chi connectivity index (χ3n) is 5.16. The molecule has 3 heterocycles. The van der Waals surface area contributed by atoms with E-state index in [-0.39, 0.29) is 0 Å². The van der Waals surface area contributed by atoms with E-state index in [0.717, 1.165) is 48.0 Å². The number of thiophene rings is 3. The van der Waals surface area contributed by atoms with Crippen LogP contribution in [0.1, 0.15) is 95.7 Å². The summed E-state index contributed by atoms with van der Waals surface area (Å²) in [5, 5.41) is 0. The van der Waals surface area contributed by atoms with Gasteiger partial charge >= 0.3 is 0 Å². The molecule has 0 unspecified atom stereocenters. The zero-order valence-corrected chi connectivity index (χ0v) is 18.7. The first-order valence-corrected chi connectivity index (χ1v) is 12.6. The van der Waals surface area contributed by atoms with E-state index in [1.54, 1.807) is 22.7 Å². The van der Waals surface area contributed by atoms with Crippen LogP contribution >= 0.6 is 34.0 Å². The molecule has 0 N–H and O–H groups in total. The van der Waals surface area contributed by atoms with Crippen LogP contribution < -0.4 is 0 Å². The molecular weight excluding hydrogens is 392 g/mol. The molecular formula is C22H28O2S3. The van der Waals surface area contributed by atoms with Crippen molar-refractivity contribution in [2.24, 2.45) is 0 Å². The number of aryl methyl sites for hydroxylation is 2. The summed E-state index contributed by atoms with van der Waals surface area (Å²) in [6, 6.07) is 0. The van der Waals surface area contributed by atoms with Crippen LogP contribution in [0.3, 0.4) is 0 Å². The highest BCUT2D eigenvalue weighted by molar-refractivity contribution is 7.39. The minimum absolute atomic E-state index is 0.889. The van der Waals surface area contributed by atoms with Crippen LogP contribution in [0.15, 0.2) is 0 Å². The summed E-state index contributed by atoms with van der Waals surface area (Å²) in [6.07, 6.45) is 13.8. The molecule has 0 fully saturated rings. The van der Waals surface area contributed by atoms with E-state index in [0.29, 0.717) is 0 Å². The summed E-state index contributed by atoms with van der Waals surface area (Å²) < 4.78 is 5.06. The zero-order chi connectivity index (χ0) is 19.2. The Balaban J connectivity index is 1.95. The molecule has 0 radical (unpaired) electrons. The van der Waals surface area contributed by atoms with E-state index in [2.05, 4.69) is 13.8 Å². The summed E-state index contributed by atoms with van der Waals surface area (Å²) in [5.74, 6) is 0. The first-order valence-electron chi connectivity index (χ1n) is 10.1. The molecule has 0 bridgehead atoms. The smallest absolute Gasteiger partial charge is 0.160 e. The number of rotatable bonds is 12. The molecule has 27 heavy (non-hydrogen) atoms. The van der Waals surface area contributed by atoms with Gasteiger partial charge in [0.25, 0.3) is 0 Å². The van der Waals surface area contributed by atoms with Gasteiger partial charge in [-0.05, 0) is 36.8 Å². The fourth-order valence-electron chi connectivity index (χ4n) is 3.67. The second-order valence-electron chi connectivity index (χ2n) is 7.17. The molecule has 0 aliphatic rings. The van der Waals surface area contributed by atoms with E-state index < -0.39 is 0 Å². The zero-order valence-electron chi connectivity index (χ0n) is 16.3. The molecule has 146 valence electrons. The van der Waals surface area contributed by atoms with Crippen molar-refractivity contribution in [3.05, 3.63) is 20.9 Å². The van der Waals surface area contributed by atoms with Gasteiger partial charge in [0, 0.05) is 0 Å². The second kappa shape index (κ2) is 9.94. The van der Waals surface area contributed by atoms with Crippen LogP contribution in [0.2, 0.25) is 0 Å². The molecule has 0 amide bonds. The number of carbonyl (C=O) groups excluding carboxylic acids is 2. The summed E-state index contributed by atoms with van der Waals surface area (Å²) >= 11 is 5.07. The van der Waals surface area contributed by atoms with Gasteiger partial charge in [-0.15, -0.1) is 34.0 Å². The van der Waals surface area contributed by atoms with Crippen LogP contribution in [0.4, 0.5) is 0 Å². The van der Waals surface area contributed by atoms with Crippen molar-refractivity contribution in [3.63, 3.8) is 0 Å². The number of hydrogen-bond donors (Lipinski definition) is 0. The van der Waals surface area contributed by atoms with Crippen LogP contribution in [-0.2, 0) is 12.8 Å². The fourth-order valence-corrected chi connectivity index (χ4v) is 7.96. The lowest BCUT2D eigenvalue weighted by Crippen LogP contribution is -1.89. The van der Waals surface area contributed by atoms with Gasteiger partial charge in [-0.2, -0.15) is 0 Å². The summed E-state index contributed by atoms with van der Waals surface area (Å²) in [4.78, 5) is 25.0. The number of unbranched alkanes of at least 4 members (excludes halogenated alkanes) is 6. The van der Waals surface area contributed by atoms with Gasteiger partial charge in [0.05, 0.1) is 28.6 Å². The Morgan fingerprint density at radius 3 is 1.41 bits per heavy atom. The van der Waals surface area contributed by atoms with Crippen molar-refractivity contribution in [2.45, 2.75) is 78.1 Å². The Morgan fingerprint density at radius 1 is 0.593 bits per heavy atom. The molecule has 0 saturated carbocycles. The molecule has 3 aromatic rings. The van der Waals surface area contributed by atoms with Crippen molar-refractivity contribution >= 4 is 65.4 Å². The van der Waals surface area contributed by atoms with E-state index in [1.165, 1.54) is 68.5 Å². The molecule has 0 aliphatic carbocycles. The Labute approximate surface area is 173 Å². The number of hydrogen-bond acceptors (Lipinski definition) is 5. The number of aldehydes is 2. The van der Waals surface area contributed by atoms with E-state index >= 15 is 0 Å². The summed E-state index contributed by atoms with van der Waals surface area (Å²) in [7, 11) is 0. The summed E-state index contributed by atoms with van der Waals surface area (Å²) in [5.41, 5.74) is 2.50. The lowest BCUT2D eigenvalue weighted by atomic mass is 10.1. The van der Waals surface area contributed by atoms with Crippen molar-refractivity contribution in [1.29, 1.82) is 0 Å². The fraction of sp³-hybridized carbons (Fsp3) is 0.545. The Bertz CT molecular complexity index is 840. The van der Waals surface area contributed by atoms with Gasteiger partial charge in [-0.1, -0.05) is 52.4 Å². The van der Waals surface area contributed by atoms with Gasteiger partial charge in [0.15, 0.2) is 12.6 Å². The average molecular weight is 421 g/mol. The van der Waals surface area contributed by atoms with Gasteiger partial charge < -0.3 is 0 Å². The van der Waals surface area contributed by atoms with Gasteiger partial charge in [0.1, 0.15) is 0 Å². The highest BCUT2D eigenvalue weighted by Crippen LogP contribution is 2.48. The maximum Gasteiger partial charge on any atom is 0.160 e. The SMILES string of the molecule is CCCCCCc1c(C=O)sc2c1sc1c(CCCCCC)c(C=O)sc12. The van der Waals surface area contributed by atoms with Crippen molar-refractivity contribution in [1.82, 2.24) is 0 Å². The topological polar surface area (TPSA) is 34.1 Å². The van der Waals surface area contributed by atoms with Crippen LogP contribution in [0.5, 0.6) is 0 Å². The number of carbonyl (C=O) groups is 2. The van der Waals surface area contributed by atoms with Gasteiger partial charge in [-0.3, -0.25) is 9.59 Å². The molecule has 0 atom stereocenters. The first kappa shape index (κ1) is 20.7. The summed E-state index contributed by atoms with van der Waals surface area (Å²) in [6.45, 7) is 4.44. The molecule has 5 heteroatoms. The quantitative estimate of drug-likeness (QED) is 0.219. The molecule has 3 aromatic heterocycles. The standard InChI is InChI=1S/C22H28O2S3/c1-3-5-7-9-11-15-17(13-23)25-21-19(15)27-20-16(12-10-8-6-4-2)18(14-24)26-22(20)21/h13-14H,3-12H2,1-2H3. The average Bonchev–Trinajstić information content (AvgIpc) is 3.31. The lowest BCUT2D eigenvalue weighted by Gasteiger charge is -2.01. The molecule has 2 nitrogen and oxygen atoms in total. The third kappa shape index (κ3) is 4.36. The van der Waals surface area contributed by atoms with Crippen LogP contribution in [0.25, 0.3) is 18.8 Å². The van der Waals surface area contributed by atoms with E-state index in [9.17, 15) is 9.59 Å². The van der Waals surface area contributed by atoms with Crippen molar-refractivity contribution < 1.29 is 9.59 Å². The van der Waals surface area contributed by atoms with Crippen molar-refractivity contribution in [2.75, 3.05) is 0 Å². The minimum Gasteiger partial charge on any atom is -0.297 e. The van der Waals surface area contributed by atoms with E-state index in [1.807, 2.05) is 11.3 Å². The van der Waals surface area contributed by atoms with Crippen LogP contribution in [-0.4, -0.2) is 12.6 Å². The Morgan fingerprint density at radius 2 is 1.04 bits per heavy atom. The highest BCUT2D eigenvalue weighted by Gasteiger charge is 2.22. The predicted molar refractivity (Wildman–Crippen MR) is 122 cm³/mol. The maximum absolute atomic E-state index is 11.6. The third-order valence-corrected chi connectivity index (χ3v) is 9.21. The number of fused-ring (bicyclic) bond motifs is 3. The van der Waals surface area contributed by atoms with Gasteiger partial charge in [-0.25, -0.2) is 0 Å². The normalized spacial score (nSPS) is 11.6. The predicted octanol–water partition coefficient (Wildman–Crippen LogP) is 8.05. The highest BCUT2D eigenvalue weighted by atomic mass is 32.1. The largest absolute Gasteiger partial charge is 0.297 e. The lowest BCUT2D eigenvalue weighted by molar-refractivity contribution is 0.111. The van der Waals surface area contributed by atoms with E-state index in [4.69, 9.17) is 0 Å². The monoisotopic (exact) mass is 420 g/mol. The molecule has 0 saturated heterocycles. The minimum atomic E-state index is 0.889. The first-order chi connectivity index (χ1) is 13.2. The molecule has 0 spiro atoms. The van der Waals surface area contributed by atoms with Crippen LogP contribution in [0, 0.1) is 0 Å². The Hall–Kier alpha value is -1.04. The maximum atomic E-state index is 11.6. The molecule has 3 rings (SSSR count). The van der Waals surface area contributed by atoms with Gasteiger partial charge in [0.2, 0.25) is 0 Å². The Kier molecular flexibility index (Phi) is 7.62. The second-order valence-corrected chi connectivity index (χ2v) is 10.3. The molecule has 0 aliphatic heterocycles. The van der Waals surface area contributed by atoms with Crippen molar-refractivity contribution in [3.8, 4) is 0 Å². The molecule has 0 aromatic carbocycles.